The van der Waals surface area contributed by atoms with Crippen LogP contribution in [0.25, 0.3) is 11.2 Å². The molecule has 0 spiro atoms. The quantitative estimate of drug-likeness (QED) is 0.401. The van der Waals surface area contributed by atoms with Crippen LogP contribution in [0.1, 0.15) is 31.1 Å². The molecule has 3 heterocycles. The van der Waals surface area contributed by atoms with Gasteiger partial charge in [-0.1, -0.05) is 12.1 Å². The van der Waals surface area contributed by atoms with Crippen LogP contribution >= 0.6 is 0 Å². The number of hydrogen-bond acceptors (Lipinski definition) is 9. The van der Waals surface area contributed by atoms with Crippen molar-refractivity contribution in [3.05, 3.63) is 48.3 Å². The molecule has 3 aromatic rings. The van der Waals surface area contributed by atoms with Crippen molar-refractivity contribution < 1.29 is 29.2 Å². The van der Waals surface area contributed by atoms with E-state index in [1.54, 1.807) is 10.6 Å². The average Bonchev–Trinajstić information content (AvgIpc) is 3.47. The standard InChI is InChI=1S/C23H28FN5O5/c24-15-4-1-3-13(7-15)9-33-17-6-2-5-16(17)28-21-18-22(26-11-25-21)29(12-27-18)23-20(32)19(31)14(8-30)10-34-23/h1,3-4,7,11-12,14,16-17,19-20,23,30-32H,2,5-6,8-10H2,(H,25,26,28)/t14?,16?,17-,19+,20+,23?/m0/s1. The molecule has 1 aliphatic carbocycles. The minimum absolute atomic E-state index is 0.000430. The van der Waals surface area contributed by atoms with Gasteiger partial charge in [-0.15, -0.1) is 0 Å². The number of nitrogens with one attached hydrogen (secondary N) is 1. The number of imidazole rings is 1. The van der Waals surface area contributed by atoms with Gasteiger partial charge in [0.05, 0.1) is 44.4 Å². The number of aliphatic hydroxyl groups excluding tert-OH is 3. The Bertz CT molecular complexity index is 1130. The van der Waals surface area contributed by atoms with Gasteiger partial charge in [0, 0.05) is 5.92 Å². The van der Waals surface area contributed by atoms with E-state index < -0.39 is 24.4 Å². The van der Waals surface area contributed by atoms with Crippen LogP contribution in [0.4, 0.5) is 10.2 Å². The molecular weight excluding hydrogens is 445 g/mol. The van der Waals surface area contributed by atoms with Gasteiger partial charge in [-0.25, -0.2) is 19.3 Å². The summed E-state index contributed by atoms with van der Waals surface area (Å²) in [4.78, 5) is 13.1. The lowest BCUT2D eigenvalue weighted by atomic mass is 9.95. The Morgan fingerprint density at radius 2 is 2.06 bits per heavy atom. The zero-order valence-corrected chi connectivity index (χ0v) is 18.5. The fourth-order valence-corrected chi connectivity index (χ4v) is 4.71. The lowest BCUT2D eigenvalue weighted by Gasteiger charge is -2.37. The van der Waals surface area contributed by atoms with E-state index >= 15 is 0 Å². The second-order valence-electron chi connectivity index (χ2n) is 8.86. The summed E-state index contributed by atoms with van der Waals surface area (Å²) in [6.07, 6.45) is 2.32. The first-order valence-corrected chi connectivity index (χ1v) is 11.4. The lowest BCUT2D eigenvalue weighted by molar-refractivity contribution is -0.196. The van der Waals surface area contributed by atoms with Gasteiger partial charge in [-0.3, -0.25) is 4.57 Å². The van der Waals surface area contributed by atoms with Gasteiger partial charge in [-0.2, -0.15) is 0 Å². The smallest absolute Gasteiger partial charge is 0.167 e. The Hall–Kier alpha value is -2.70. The molecule has 5 rings (SSSR count). The summed E-state index contributed by atoms with van der Waals surface area (Å²) in [6, 6.07) is 6.39. The van der Waals surface area contributed by atoms with Gasteiger partial charge in [0.2, 0.25) is 0 Å². The summed E-state index contributed by atoms with van der Waals surface area (Å²) in [6.45, 7) is 0.139. The van der Waals surface area contributed by atoms with Crippen LogP contribution in [0.15, 0.2) is 36.9 Å². The van der Waals surface area contributed by atoms with E-state index in [0.29, 0.717) is 23.6 Å². The molecule has 0 radical (unpaired) electrons. The van der Waals surface area contributed by atoms with Crippen LogP contribution in [-0.2, 0) is 16.1 Å². The molecule has 2 aliphatic rings. The topological polar surface area (TPSA) is 135 Å². The van der Waals surface area contributed by atoms with Gasteiger partial charge in [0.15, 0.2) is 23.2 Å². The molecular formula is C23H28FN5O5. The maximum atomic E-state index is 13.5. The SMILES string of the molecule is OCC1COC(n2cnc3c(NC4CCC[C@@H]4OCc4cccc(F)c4)ncnc32)[C@H](O)[C@@H]1O. The number of halogens is 1. The van der Waals surface area contributed by atoms with Crippen molar-refractivity contribution in [3.63, 3.8) is 0 Å². The number of rotatable bonds is 7. The molecule has 0 bridgehead atoms. The van der Waals surface area contributed by atoms with Crippen molar-refractivity contribution in [2.24, 2.45) is 5.92 Å². The number of aromatic nitrogens is 4. The van der Waals surface area contributed by atoms with Gasteiger partial charge >= 0.3 is 0 Å². The number of aliphatic hydroxyl groups is 3. The van der Waals surface area contributed by atoms with E-state index in [1.807, 2.05) is 6.07 Å². The number of anilines is 1. The summed E-state index contributed by atoms with van der Waals surface area (Å²) in [7, 11) is 0. The van der Waals surface area contributed by atoms with Crippen LogP contribution in [0.5, 0.6) is 0 Å². The fraction of sp³-hybridized carbons (Fsp3) is 0.522. The molecule has 1 aromatic carbocycles. The number of benzene rings is 1. The zero-order valence-electron chi connectivity index (χ0n) is 18.5. The maximum absolute atomic E-state index is 13.5. The second-order valence-corrected chi connectivity index (χ2v) is 8.86. The van der Waals surface area contributed by atoms with Crippen molar-refractivity contribution >= 4 is 17.0 Å². The largest absolute Gasteiger partial charge is 0.396 e. The Balaban J connectivity index is 1.31. The highest BCUT2D eigenvalue weighted by Gasteiger charge is 2.40. The summed E-state index contributed by atoms with van der Waals surface area (Å²) in [5, 5.41) is 33.6. The van der Waals surface area contributed by atoms with Crippen LogP contribution < -0.4 is 5.32 Å². The van der Waals surface area contributed by atoms with E-state index in [0.717, 1.165) is 24.8 Å². The molecule has 10 nitrogen and oxygen atoms in total. The average molecular weight is 474 g/mol. The van der Waals surface area contributed by atoms with Gasteiger partial charge < -0.3 is 30.1 Å². The number of nitrogens with zero attached hydrogens (tertiary/aromatic N) is 4. The van der Waals surface area contributed by atoms with Gasteiger partial charge in [0.1, 0.15) is 18.2 Å². The highest BCUT2D eigenvalue weighted by Crippen LogP contribution is 2.32. The highest BCUT2D eigenvalue weighted by atomic mass is 19.1. The van der Waals surface area contributed by atoms with E-state index in [9.17, 15) is 19.7 Å². The molecule has 1 aliphatic heterocycles. The van der Waals surface area contributed by atoms with E-state index in [2.05, 4.69) is 20.3 Å². The fourth-order valence-electron chi connectivity index (χ4n) is 4.71. The molecule has 3 unspecified atom stereocenters. The third-order valence-electron chi connectivity index (χ3n) is 6.60. The number of fused-ring (bicyclic) bond motifs is 1. The highest BCUT2D eigenvalue weighted by molar-refractivity contribution is 5.82. The van der Waals surface area contributed by atoms with Crippen molar-refractivity contribution in [2.45, 2.75) is 56.5 Å². The minimum Gasteiger partial charge on any atom is -0.396 e. The van der Waals surface area contributed by atoms with E-state index in [-0.39, 0.29) is 31.2 Å². The molecule has 0 amide bonds. The maximum Gasteiger partial charge on any atom is 0.167 e. The summed E-state index contributed by atoms with van der Waals surface area (Å²) in [5.74, 6) is -0.304. The molecule has 4 N–H and O–H groups in total. The molecule has 1 saturated carbocycles. The Morgan fingerprint density at radius 3 is 2.88 bits per heavy atom. The molecule has 2 fully saturated rings. The molecule has 34 heavy (non-hydrogen) atoms. The van der Waals surface area contributed by atoms with Crippen LogP contribution in [0, 0.1) is 11.7 Å². The van der Waals surface area contributed by atoms with Crippen LogP contribution in [-0.4, -0.2) is 72.4 Å². The predicted octanol–water partition coefficient (Wildman–Crippen LogP) is 1.37. The van der Waals surface area contributed by atoms with E-state index in [1.165, 1.54) is 24.8 Å². The Labute approximate surface area is 195 Å². The summed E-state index contributed by atoms with van der Waals surface area (Å²) in [5.41, 5.74) is 1.74. The molecule has 11 heteroatoms. The third kappa shape index (κ3) is 4.49. The normalized spacial score (nSPS) is 29.5. The molecule has 2 aromatic heterocycles. The van der Waals surface area contributed by atoms with Crippen molar-refractivity contribution in [1.29, 1.82) is 0 Å². The van der Waals surface area contributed by atoms with Crippen molar-refractivity contribution in [2.75, 3.05) is 18.5 Å². The summed E-state index contributed by atoms with van der Waals surface area (Å²) < 4.78 is 26.8. The zero-order chi connectivity index (χ0) is 23.7. The monoisotopic (exact) mass is 473 g/mol. The third-order valence-corrected chi connectivity index (χ3v) is 6.60. The first-order valence-electron chi connectivity index (χ1n) is 11.4. The summed E-state index contributed by atoms with van der Waals surface area (Å²) >= 11 is 0. The number of ether oxygens (including phenoxy) is 2. The van der Waals surface area contributed by atoms with Crippen molar-refractivity contribution in [3.8, 4) is 0 Å². The first-order chi connectivity index (χ1) is 16.5. The van der Waals surface area contributed by atoms with Crippen LogP contribution in [0.2, 0.25) is 0 Å². The minimum atomic E-state index is -1.25. The molecule has 182 valence electrons. The van der Waals surface area contributed by atoms with E-state index in [4.69, 9.17) is 9.47 Å². The Morgan fingerprint density at radius 1 is 1.18 bits per heavy atom. The van der Waals surface area contributed by atoms with Gasteiger partial charge in [-0.05, 0) is 37.0 Å². The number of hydrogen-bond donors (Lipinski definition) is 4. The second kappa shape index (κ2) is 9.88. The first kappa shape index (κ1) is 23.1. The van der Waals surface area contributed by atoms with Crippen LogP contribution in [0.3, 0.4) is 0 Å². The molecule has 6 atom stereocenters. The predicted molar refractivity (Wildman–Crippen MR) is 119 cm³/mol. The lowest BCUT2D eigenvalue weighted by Crippen LogP contribution is -2.48. The van der Waals surface area contributed by atoms with Gasteiger partial charge in [0.25, 0.3) is 0 Å². The Kier molecular flexibility index (Phi) is 6.70. The molecule has 1 saturated heterocycles. The van der Waals surface area contributed by atoms with Crippen molar-refractivity contribution in [1.82, 2.24) is 19.5 Å².